The van der Waals surface area contributed by atoms with Gasteiger partial charge >= 0.3 is 0 Å². The first kappa shape index (κ1) is 22.3. The van der Waals surface area contributed by atoms with Gasteiger partial charge in [0.1, 0.15) is 0 Å². The molecular weight excluding hydrogens is 426 g/mol. The van der Waals surface area contributed by atoms with Gasteiger partial charge in [0.15, 0.2) is 5.16 Å². The van der Waals surface area contributed by atoms with Gasteiger partial charge in [0.2, 0.25) is 5.91 Å². The Morgan fingerprint density at radius 2 is 1.61 bits per heavy atom. The van der Waals surface area contributed by atoms with Crippen molar-refractivity contribution in [3.05, 3.63) is 66.4 Å². The molecule has 0 spiro atoms. The number of rotatable bonds is 7. The summed E-state index contributed by atoms with van der Waals surface area (Å²) in [4.78, 5) is 17.4. The fraction of sp³-hybridized carbons (Fsp3) is 0.429. The first-order valence-corrected chi connectivity index (χ1v) is 13.4. The molecule has 2 saturated carbocycles. The number of carbonyl (C=O) groups is 1. The van der Waals surface area contributed by atoms with Crippen molar-refractivity contribution in [3.63, 3.8) is 0 Å². The molecule has 2 aliphatic carbocycles. The molecule has 1 amide bonds. The predicted molar refractivity (Wildman–Crippen MR) is 137 cm³/mol. The summed E-state index contributed by atoms with van der Waals surface area (Å²) in [6.45, 7) is 0. The maximum absolute atomic E-state index is 12.7. The minimum Gasteiger partial charge on any atom is -0.325 e. The number of carbonyl (C=O) groups excluding carboxylic acids is 1. The van der Waals surface area contributed by atoms with Gasteiger partial charge in [-0.3, -0.25) is 4.79 Å². The smallest absolute Gasteiger partial charge is 0.234 e. The normalized spacial score (nSPS) is 17.3. The Balaban J connectivity index is 1.23. The van der Waals surface area contributed by atoms with Crippen LogP contribution in [-0.4, -0.2) is 21.2 Å². The molecule has 1 heterocycles. The molecule has 0 aliphatic heterocycles. The van der Waals surface area contributed by atoms with Crippen LogP contribution in [0.3, 0.4) is 0 Å². The van der Waals surface area contributed by atoms with Gasteiger partial charge in [-0.1, -0.05) is 86.3 Å². The Morgan fingerprint density at radius 1 is 0.909 bits per heavy atom. The molecule has 5 rings (SSSR count). The lowest BCUT2D eigenvalue weighted by atomic mass is 9.84. The lowest BCUT2D eigenvalue weighted by molar-refractivity contribution is -0.113. The van der Waals surface area contributed by atoms with E-state index < -0.39 is 0 Å². The summed E-state index contributed by atoms with van der Waals surface area (Å²) in [5, 5.41) is 4.02. The minimum absolute atomic E-state index is 0.0210. The van der Waals surface area contributed by atoms with Gasteiger partial charge in [-0.05, 0) is 54.9 Å². The summed E-state index contributed by atoms with van der Waals surface area (Å²) in [5.74, 6) is 1.07. The van der Waals surface area contributed by atoms with E-state index in [9.17, 15) is 4.79 Å². The third-order valence-corrected chi connectivity index (χ3v) is 8.09. The second-order valence-electron chi connectivity index (χ2n) is 9.39. The highest BCUT2D eigenvalue weighted by atomic mass is 32.2. The molecule has 172 valence electrons. The molecule has 2 fully saturated rings. The number of imidazole rings is 1. The van der Waals surface area contributed by atoms with Crippen LogP contribution in [0.15, 0.2) is 66.0 Å². The van der Waals surface area contributed by atoms with Crippen LogP contribution in [0.5, 0.6) is 0 Å². The summed E-state index contributed by atoms with van der Waals surface area (Å²) in [7, 11) is 0. The van der Waals surface area contributed by atoms with Crippen molar-refractivity contribution in [2.45, 2.75) is 74.9 Å². The Labute approximate surface area is 201 Å². The molecule has 33 heavy (non-hydrogen) atoms. The molecular formula is C28H33N3OS. The first-order chi connectivity index (χ1) is 16.3. The van der Waals surface area contributed by atoms with Crippen molar-refractivity contribution in [2.75, 3.05) is 11.1 Å². The zero-order chi connectivity index (χ0) is 22.5. The van der Waals surface area contributed by atoms with Crippen LogP contribution >= 0.6 is 11.8 Å². The molecule has 2 aromatic carbocycles. The van der Waals surface area contributed by atoms with Crippen molar-refractivity contribution >= 4 is 23.4 Å². The van der Waals surface area contributed by atoms with E-state index in [1.165, 1.54) is 68.9 Å². The van der Waals surface area contributed by atoms with E-state index in [0.29, 0.717) is 17.7 Å². The predicted octanol–water partition coefficient (Wildman–Crippen LogP) is 7.44. The Morgan fingerprint density at radius 3 is 2.33 bits per heavy atom. The number of anilines is 1. The Kier molecular flexibility index (Phi) is 7.15. The lowest BCUT2D eigenvalue weighted by Gasteiger charge is -2.22. The average molecular weight is 460 g/mol. The van der Waals surface area contributed by atoms with Crippen LogP contribution < -0.4 is 5.32 Å². The van der Waals surface area contributed by atoms with E-state index in [1.807, 2.05) is 12.3 Å². The molecule has 0 saturated heterocycles. The number of amides is 1. The molecule has 4 nitrogen and oxygen atoms in total. The zero-order valence-electron chi connectivity index (χ0n) is 19.2. The van der Waals surface area contributed by atoms with Gasteiger partial charge in [-0.25, -0.2) is 4.98 Å². The van der Waals surface area contributed by atoms with Gasteiger partial charge < -0.3 is 9.88 Å². The molecule has 3 aromatic rings. The number of aromatic nitrogens is 2. The quantitative estimate of drug-likeness (QED) is 0.373. The molecule has 5 heteroatoms. The minimum atomic E-state index is 0.0210. The highest BCUT2D eigenvalue weighted by Crippen LogP contribution is 2.37. The maximum Gasteiger partial charge on any atom is 0.234 e. The molecule has 2 aliphatic rings. The van der Waals surface area contributed by atoms with Crippen molar-refractivity contribution in [3.8, 4) is 11.3 Å². The first-order valence-electron chi connectivity index (χ1n) is 12.4. The number of thioether (sulfide) groups is 1. The van der Waals surface area contributed by atoms with Crippen LogP contribution in [0.2, 0.25) is 0 Å². The molecule has 0 radical (unpaired) electrons. The van der Waals surface area contributed by atoms with Crippen LogP contribution in [-0.2, 0) is 4.79 Å². The number of hydrogen-bond donors (Lipinski definition) is 1. The van der Waals surface area contributed by atoms with Gasteiger partial charge in [0, 0.05) is 11.7 Å². The van der Waals surface area contributed by atoms with E-state index in [-0.39, 0.29) is 5.91 Å². The topological polar surface area (TPSA) is 46.9 Å². The van der Waals surface area contributed by atoms with Crippen LogP contribution in [0.1, 0.15) is 75.3 Å². The van der Waals surface area contributed by atoms with Gasteiger partial charge in [0.05, 0.1) is 17.6 Å². The molecule has 0 atom stereocenters. The second kappa shape index (κ2) is 10.6. The lowest BCUT2D eigenvalue weighted by Crippen LogP contribution is -2.15. The van der Waals surface area contributed by atoms with Crippen molar-refractivity contribution in [1.82, 2.24) is 9.55 Å². The summed E-state index contributed by atoms with van der Waals surface area (Å²) < 4.78 is 2.37. The van der Waals surface area contributed by atoms with Crippen LogP contribution in [0.25, 0.3) is 11.3 Å². The summed E-state index contributed by atoms with van der Waals surface area (Å²) in [6.07, 6.45) is 13.5. The van der Waals surface area contributed by atoms with E-state index in [4.69, 9.17) is 4.98 Å². The molecule has 0 unspecified atom stereocenters. The monoisotopic (exact) mass is 459 g/mol. The van der Waals surface area contributed by atoms with Gasteiger partial charge in [-0.15, -0.1) is 0 Å². The third-order valence-electron chi connectivity index (χ3n) is 7.13. The summed E-state index contributed by atoms with van der Waals surface area (Å²) >= 11 is 1.54. The number of nitrogens with one attached hydrogen (secondary N) is 1. The number of nitrogens with zero attached hydrogens (tertiary/aromatic N) is 2. The third kappa shape index (κ3) is 5.35. The highest BCUT2D eigenvalue weighted by molar-refractivity contribution is 7.99. The van der Waals surface area contributed by atoms with Gasteiger partial charge in [-0.2, -0.15) is 0 Å². The molecule has 1 N–H and O–H groups in total. The number of hydrogen-bond acceptors (Lipinski definition) is 3. The average Bonchev–Trinajstić information content (AvgIpc) is 3.54. The van der Waals surface area contributed by atoms with E-state index >= 15 is 0 Å². The summed E-state index contributed by atoms with van der Waals surface area (Å²) in [5.41, 5.74) is 4.63. The van der Waals surface area contributed by atoms with Gasteiger partial charge in [0.25, 0.3) is 0 Å². The fourth-order valence-corrected chi connectivity index (χ4v) is 6.24. The van der Waals surface area contributed by atoms with E-state index in [0.717, 1.165) is 16.5 Å². The Hall–Kier alpha value is -2.53. The second-order valence-corrected chi connectivity index (χ2v) is 10.3. The largest absolute Gasteiger partial charge is 0.325 e. The van der Waals surface area contributed by atoms with E-state index in [2.05, 4.69) is 58.4 Å². The summed E-state index contributed by atoms with van der Waals surface area (Å²) in [6, 6.07) is 19.4. The molecule has 0 bridgehead atoms. The van der Waals surface area contributed by atoms with Crippen molar-refractivity contribution in [2.24, 2.45) is 0 Å². The van der Waals surface area contributed by atoms with E-state index in [1.54, 1.807) is 11.8 Å². The van der Waals surface area contributed by atoms with Crippen molar-refractivity contribution in [1.29, 1.82) is 0 Å². The standard InChI is InChI=1S/C28H33N3OS/c32-27(30-24-17-15-22(16-18-24)21-9-3-1-4-10-21)20-33-28-29-19-26(23-11-5-2-6-12-23)31(28)25-13-7-8-14-25/h2,5-6,11-12,15-19,21,25H,1,3-4,7-10,13-14,20H2,(H,30,32). The SMILES string of the molecule is O=C(CSc1ncc(-c2ccccc2)n1C1CCCC1)Nc1ccc(C2CCCCC2)cc1. The van der Waals surface area contributed by atoms with Crippen molar-refractivity contribution < 1.29 is 4.79 Å². The van der Waals surface area contributed by atoms with Crippen LogP contribution in [0, 0.1) is 0 Å². The number of benzene rings is 2. The highest BCUT2D eigenvalue weighted by Gasteiger charge is 2.24. The Bertz CT molecular complexity index is 1050. The maximum atomic E-state index is 12.7. The molecule has 1 aromatic heterocycles. The van der Waals surface area contributed by atoms with Crippen LogP contribution in [0.4, 0.5) is 5.69 Å². The zero-order valence-corrected chi connectivity index (χ0v) is 20.0. The fourth-order valence-electron chi connectivity index (χ4n) is 5.39.